The standard InChI is InChI=1S/C12H11ClN2O2/c1-16-11-3-2-4-12(15-11)17-10-6-5-8(13)7-9(10)14/h2-7H,14H2,1H3. The molecule has 0 aliphatic rings. The fraction of sp³-hybridized carbons (Fsp3) is 0.0833. The quantitative estimate of drug-likeness (QED) is 0.851. The molecule has 17 heavy (non-hydrogen) atoms. The van der Waals surface area contributed by atoms with Gasteiger partial charge in [-0.1, -0.05) is 17.7 Å². The summed E-state index contributed by atoms with van der Waals surface area (Å²) in [7, 11) is 1.54. The number of hydrogen-bond acceptors (Lipinski definition) is 4. The highest BCUT2D eigenvalue weighted by Crippen LogP contribution is 2.29. The molecular formula is C12H11ClN2O2. The lowest BCUT2D eigenvalue weighted by Gasteiger charge is -2.08. The van der Waals surface area contributed by atoms with Crippen molar-refractivity contribution in [2.75, 3.05) is 12.8 Å². The first-order chi connectivity index (χ1) is 8.19. The van der Waals surface area contributed by atoms with Gasteiger partial charge >= 0.3 is 0 Å². The summed E-state index contributed by atoms with van der Waals surface area (Å²) in [5, 5.41) is 0.563. The van der Waals surface area contributed by atoms with Gasteiger partial charge in [-0.15, -0.1) is 0 Å². The average molecular weight is 251 g/mol. The predicted octanol–water partition coefficient (Wildman–Crippen LogP) is 3.12. The van der Waals surface area contributed by atoms with Gasteiger partial charge in [0.1, 0.15) is 0 Å². The third-order valence-electron chi connectivity index (χ3n) is 2.09. The molecule has 0 saturated heterocycles. The first kappa shape index (κ1) is 11.5. The zero-order chi connectivity index (χ0) is 12.3. The van der Waals surface area contributed by atoms with Crippen LogP contribution in [0.4, 0.5) is 5.69 Å². The van der Waals surface area contributed by atoms with Crippen LogP contribution in [0, 0.1) is 0 Å². The highest BCUT2D eigenvalue weighted by molar-refractivity contribution is 6.30. The van der Waals surface area contributed by atoms with Gasteiger partial charge in [0.05, 0.1) is 12.8 Å². The molecule has 1 aromatic carbocycles. The number of nitrogens with zero attached hydrogens (tertiary/aromatic N) is 1. The van der Waals surface area contributed by atoms with Crippen molar-refractivity contribution in [3.8, 4) is 17.5 Å². The Balaban J connectivity index is 2.25. The normalized spacial score (nSPS) is 10.0. The number of aromatic nitrogens is 1. The third-order valence-corrected chi connectivity index (χ3v) is 2.33. The number of pyridine rings is 1. The summed E-state index contributed by atoms with van der Waals surface area (Å²) in [5.41, 5.74) is 6.23. The zero-order valence-corrected chi connectivity index (χ0v) is 9.94. The van der Waals surface area contributed by atoms with E-state index in [0.717, 1.165) is 0 Å². The first-order valence-corrected chi connectivity index (χ1v) is 5.31. The molecule has 0 saturated carbocycles. The van der Waals surface area contributed by atoms with Crippen molar-refractivity contribution >= 4 is 17.3 Å². The van der Waals surface area contributed by atoms with Crippen LogP contribution in [-0.4, -0.2) is 12.1 Å². The fourth-order valence-electron chi connectivity index (χ4n) is 1.29. The Morgan fingerprint density at radius 2 is 1.94 bits per heavy atom. The van der Waals surface area contributed by atoms with Gasteiger partial charge in [0.2, 0.25) is 11.8 Å². The maximum absolute atomic E-state index is 5.80. The van der Waals surface area contributed by atoms with Crippen LogP contribution in [0.3, 0.4) is 0 Å². The number of nitrogen functional groups attached to an aromatic ring is 1. The Labute approximate surface area is 104 Å². The second-order valence-electron chi connectivity index (χ2n) is 3.30. The van der Waals surface area contributed by atoms with E-state index < -0.39 is 0 Å². The summed E-state index contributed by atoms with van der Waals surface area (Å²) in [4.78, 5) is 4.12. The number of benzene rings is 1. The summed E-state index contributed by atoms with van der Waals surface area (Å²) >= 11 is 5.80. The largest absolute Gasteiger partial charge is 0.481 e. The van der Waals surface area contributed by atoms with E-state index in [1.54, 1.807) is 43.5 Å². The number of nitrogens with two attached hydrogens (primary N) is 1. The average Bonchev–Trinajstić information content (AvgIpc) is 2.33. The number of halogens is 1. The van der Waals surface area contributed by atoms with Crippen LogP contribution in [0.25, 0.3) is 0 Å². The highest BCUT2D eigenvalue weighted by atomic mass is 35.5. The van der Waals surface area contributed by atoms with Crippen molar-refractivity contribution in [1.82, 2.24) is 4.98 Å². The topological polar surface area (TPSA) is 57.4 Å². The third kappa shape index (κ3) is 2.79. The van der Waals surface area contributed by atoms with Crippen LogP contribution in [0.5, 0.6) is 17.5 Å². The molecule has 1 aromatic heterocycles. The van der Waals surface area contributed by atoms with E-state index in [-0.39, 0.29) is 0 Å². The van der Waals surface area contributed by atoms with Gasteiger partial charge in [0.25, 0.3) is 0 Å². The summed E-state index contributed by atoms with van der Waals surface area (Å²) in [6.45, 7) is 0. The number of anilines is 1. The molecule has 0 aliphatic heterocycles. The van der Waals surface area contributed by atoms with Crippen molar-refractivity contribution in [3.05, 3.63) is 41.4 Å². The van der Waals surface area contributed by atoms with E-state index in [1.807, 2.05) is 0 Å². The van der Waals surface area contributed by atoms with Gasteiger partial charge in [-0.3, -0.25) is 0 Å². The van der Waals surface area contributed by atoms with Gasteiger partial charge in [0, 0.05) is 17.2 Å². The SMILES string of the molecule is COc1cccc(Oc2ccc(Cl)cc2N)n1. The molecular weight excluding hydrogens is 240 g/mol. The maximum Gasteiger partial charge on any atom is 0.222 e. The molecule has 0 spiro atoms. The highest BCUT2D eigenvalue weighted by Gasteiger charge is 2.04. The number of hydrogen-bond donors (Lipinski definition) is 1. The molecule has 2 aromatic rings. The minimum atomic E-state index is 0.415. The number of methoxy groups -OCH3 is 1. The Kier molecular flexibility index (Phi) is 3.35. The molecule has 0 aliphatic carbocycles. The zero-order valence-electron chi connectivity index (χ0n) is 9.18. The van der Waals surface area contributed by atoms with Crippen LogP contribution in [0.2, 0.25) is 5.02 Å². The van der Waals surface area contributed by atoms with Crippen LogP contribution in [-0.2, 0) is 0 Å². The number of ether oxygens (including phenoxy) is 2. The van der Waals surface area contributed by atoms with E-state index in [1.165, 1.54) is 0 Å². The molecule has 5 heteroatoms. The lowest BCUT2D eigenvalue weighted by molar-refractivity contribution is 0.383. The predicted molar refractivity (Wildman–Crippen MR) is 66.7 cm³/mol. The molecule has 88 valence electrons. The smallest absolute Gasteiger partial charge is 0.222 e. The van der Waals surface area contributed by atoms with Crippen molar-refractivity contribution in [2.24, 2.45) is 0 Å². The van der Waals surface area contributed by atoms with Gasteiger partial charge in [-0.05, 0) is 18.2 Å². The van der Waals surface area contributed by atoms with Gasteiger partial charge < -0.3 is 15.2 Å². The van der Waals surface area contributed by atoms with Crippen molar-refractivity contribution < 1.29 is 9.47 Å². The molecule has 2 rings (SSSR count). The summed E-state index contributed by atoms with van der Waals surface area (Å²) in [5.74, 6) is 1.41. The Hall–Kier alpha value is -1.94. The molecule has 4 nitrogen and oxygen atoms in total. The second kappa shape index (κ2) is 4.93. The van der Waals surface area contributed by atoms with Crippen molar-refractivity contribution in [2.45, 2.75) is 0 Å². The fourth-order valence-corrected chi connectivity index (χ4v) is 1.47. The van der Waals surface area contributed by atoms with E-state index in [0.29, 0.717) is 28.2 Å². The molecule has 0 unspecified atom stereocenters. The molecule has 0 bridgehead atoms. The van der Waals surface area contributed by atoms with Gasteiger partial charge in [-0.2, -0.15) is 4.98 Å². The Bertz CT molecular complexity index is 532. The summed E-state index contributed by atoms with van der Waals surface area (Å²) in [6, 6.07) is 10.3. The number of rotatable bonds is 3. The molecule has 0 radical (unpaired) electrons. The summed E-state index contributed by atoms with van der Waals surface area (Å²) < 4.78 is 10.5. The Morgan fingerprint density at radius 1 is 1.18 bits per heavy atom. The molecule has 0 fully saturated rings. The minimum Gasteiger partial charge on any atom is -0.481 e. The van der Waals surface area contributed by atoms with E-state index in [2.05, 4.69) is 4.98 Å². The van der Waals surface area contributed by atoms with E-state index >= 15 is 0 Å². The van der Waals surface area contributed by atoms with E-state index in [9.17, 15) is 0 Å². The molecule has 0 amide bonds. The lowest BCUT2D eigenvalue weighted by atomic mass is 10.3. The van der Waals surface area contributed by atoms with Crippen LogP contribution in [0.15, 0.2) is 36.4 Å². The van der Waals surface area contributed by atoms with Crippen molar-refractivity contribution in [1.29, 1.82) is 0 Å². The molecule has 2 N–H and O–H groups in total. The maximum atomic E-state index is 5.80. The monoisotopic (exact) mass is 250 g/mol. The van der Waals surface area contributed by atoms with Crippen molar-refractivity contribution in [3.63, 3.8) is 0 Å². The van der Waals surface area contributed by atoms with Crippen LogP contribution < -0.4 is 15.2 Å². The first-order valence-electron chi connectivity index (χ1n) is 4.93. The lowest BCUT2D eigenvalue weighted by Crippen LogP contribution is -1.94. The van der Waals surface area contributed by atoms with Gasteiger partial charge in [0.15, 0.2) is 5.75 Å². The van der Waals surface area contributed by atoms with Crippen LogP contribution in [0.1, 0.15) is 0 Å². The molecule has 0 atom stereocenters. The Morgan fingerprint density at radius 3 is 2.65 bits per heavy atom. The second-order valence-corrected chi connectivity index (χ2v) is 3.74. The minimum absolute atomic E-state index is 0.415. The van der Waals surface area contributed by atoms with Gasteiger partial charge in [-0.25, -0.2) is 0 Å². The molecule has 1 heterocycles. The van der Waals surface area contributed by atoms with E-state index in [4.69, 9.17) is 26.8 Å². The van der Waals surface area contributed by atoms with Crippen LogP contribution >= 0.6 is 11.6 Å². The summed E-state index contributed by atoms with van der Waals surface area (Å²) in [6.07, 6.45) is 0.